The molecule has 1 fully saturated rings. The van der Waals surface area contributed by atoms with Gasteiger partial charge in [0.05, 0.1) is 11.2 Å². The van der Waals surface area contributed by atoms with Crippen molar-refractivity contribution in [2.75, 3.05) is 31.1 Å². The summed E-state index contributed by atoms with van der Waals surface area (Å²) in [5, 5.41) is 0. The number of anilines is 1. The van der Waals surface area contributed by atoms with E-state index < -0.39 is 0 Å². The van der Waals surface area contributed by atoms with Crippen LogP contribution in [0.1, 0.15) is 18.7 Å². The summed E-state index contributed by atoms with van der Waals surface area (Å²) in [5.74, 6) is 0.576. The van der Waals surface area contributed by atoms with Gasteiger partial charge in [0.25, 0.3) is 0 Å². The van der Waals surface area contributed by atoms with Gasteiger partial charge in [-0.3, -0.25) is 9.88 Å². The molecule has 0 aliphatic carbocycles. The molecular formula is C19H22FN5. The van der Waals surface area contributed by atoms with E-state index in [4.69, 9.17) is 0 Å². The molecule has 0 saturated carbocycles. The first kappa shape index (κ1) is 16.0. The molecule has 0 N–H and O–H groups in total. The fourth-order valence-corrected chi connectivity index (χ4v) is 3.57. The Labute approximate surface area is 146 Å². The maximum atomic E-state index is 14.0. The molecule has 1 aromatic carbocycles. The Kier molecular flexibility index (Phi) is 4.13. The van der Waals surface area contributed by atoms with Crippen molar-refractivity contribution >= 4 is 17.0 Å². The van der Waals surface area contributed by atoms with Gasteiger partial charge >= 0.3 is 0 Å². The van der Waals surface area contributed by atoms with E-state index in [1.54, 1.807) is 6.07 Å². The molecule has 1 aliphatic rings. The number of rotatable bonds is 3. The fourth-order valence-electron chi connectivity index (χ4n) is 3.57. The van der Waals surface area contributed by atoms with E-state index in [1.807, 2.05) is 36.0 Å². The monoisotopic (exact) mass is 339 g/mol. The number of aromatic nitrogens is 3. The highest BCUT2D eigenvalue weighted by Gasteiger charge is 2.25. The minimum Gasteiger partial charge on any atom is -0.340 e. The second-order valence-corrected chi connectivity index (χ2v) is 6.53. The van der Waals surface area contributed by atoms with Crippen molar-refractivity contribution in [1.29, 1.82) is 0 Å². The van der Waals surface area contributed by atoms with Crippen molar-refractivity contribution in [3.8, 4) is 0 Å². The lowest BCUT2D eigenvalue weighted by Gasteiger charge is -2.38. The highest BCUT2D eigenvalue weighted by atomic mass is 19.1. The van der Waals surface area contributed by atoms with Crippen LogP contribution in [0.25, 0.3) is 11.0 Å². The molecule has 0 radical (unpaired) electrons. The first-order chi connectivity index (χ1) is 12.1. The molecule has 1 atom stereocenters. The van der Waals surface area contributed by atoms with Crippen LogP contribution in [0.5, 0.6) is 0 Å². The second kappa shape index (κ2) is 6.44. The Balaban J connectivity index is 1.51. The molecule has 3 aromatic rings. The summed E-state index contributed by atoms with van der Waals surface area (Å²) in [7, 11) is 1.95. The molecule has 130 valence electrons. The SMILES string of the molecule is CC(c1ccccn1)N1CCN(c2nc3c(F)cccc3n2C)CC1. The van der Waals surface area contributed by atoms with E-state index in [9.17, 15) is 4.39 Å². The van der Waals surface area contributed by atoms with Crippen molar-refractivity contribution in [2.24, 2.45) is 7.05 Å². The van der Waals surface area contributed by atoms with E-state index in [0.717, 1.165) is 43.3 Å². The van der Waals surface area contributed by atoms with Gasteiger partial charge in [-0.1, -0.05) is 12.1 Å². The average Bonchev–Trinajstić information content (AvgIpc) is 3.00. The molecule has 2 aromatic heterocycles. The molecule has 5 nitrogen and oxygen atoms in total. The van der Waals surface area contributed by atoms with Gasteiger partial charge in [-0.2, -0.15) is 0 Å². The molecule has 0 spiro atoms. The lowest BCUT2D eigenvalue weighted by molar-refractivity contribution is 0.194. The predicted molar refractivity (Wildman–Crippen MR) is 97.1 cm³/mol. The summed E-state index contributed by atoms with van der Waals surface area (Å²) in [6.45, 7) is 5.81. The van der Waals surface area contributed by atoms with E-state index in [-0.39, 0.29) is 5.82 Å². The number of pyridine rings is 1. The zero-order chi connectivity index (χ0) is 17.4. The third kappa shape index (κ3) is 2.87. The van der Waals surface area contributed by atoms with Crippen LogP contribution < -0.4 is 4.90 Å². The number of para-hydroxylation sites is 1. The third-order valence-corrected chi connectivity index (χ3v) is 5.10. The predicted octanol–water partition coefficient (Wildman–Crippen LogP) is 2.99. The van der Waals surface area contributed by atoms with Gasteiger partial charge in [-0.25, -0.2) is 9.37 Å². The van der Waals surface area contributed by atoms with Crippen molar-refractivity contribution in [1.82, 2.24) is 19.4 Å². The number of hydrogen-bond acceptors (Lipinski definition) is 4. The van der Waals surface area contributed by atoms with Crippen LogP contribution in [-0.4, -0.2) is 45.6 Å². The molecule has 1 saturated heterocycles. The van der Waals surface area contributed by atoms with Crippen LogP contribution in [0.3, 0.4) is 0 Å². The number of piperazine rings is 1. The molecule has 6 heteroatoms. The number of hydrogen-bond donors (Lipinski definition) is 0. The number of aryl methyl sites for hydroxylation is 1. The molecule has 25 heavy (non-hydrogen) atoms. The maximum absolute atomic E-state index is 14.0. The standard InChI is InChI=1S/C19H22FN5/c1-14(16-7-3-4-9-21-16)24-10-12-25(13-11-24)19-22-18-15(20)6-5-8-17(18)23(19)2/h3-9,14H,10-13H2,1-2H3. The van der Waals surface area contributed by atoms with Gasteiger partial charge in [-0.15, -0.1) is 0 Å². The van der Waals surface area contributed by atoms with Gasteiger partial charge in [0.1, 0.15) is 5.52 Å². The van der Waals surface area contributed by atoms with Crippen LogP contribution in [0, 0.1) is 5.82 Å². The van der Waals surface area contributed by atoms with Crippen LogP contribution in [0.15, 0.2) is 42.6 Å². The summed E-state index contributed by atoms with van der Waals surface area (Å²) in [5.41, 5.74) is 2.38. The highest BCUT2D eigenvalue weighted by molar-refractivity contribution is 5.79. The molecular weight excluding hydrogens is 317 g/mol. The maximum Gasteiger partial charge on any atom is 0.206 e. The molecule has 4 rings (SSSR count). The number of benzene rings is 1. The first-order valence-corrected chi connectivity index (χ1v) is 8.66. The molecule has 0 bridgehead atoms. The van der Waals surface area contributed by atoms with Crippen molar-refractivity contribution in [3.63, 3.8) is 0 Å². The molecule has 1 aliphatic heterocycles. The topological polar surface area (TPSA) is 37.2 Å². The minimum absolute atomic E-state index is 0.262. The molecule has 3 heterocycles. The third-order valence-electron chi connectivity index (χ3n) is 5.10. The minimum atomic E-state index is -0.262. The summed E-state index contributed by atoms with van der Waals surface area (Å²) in [6, 6.07) is 11.4. The number of imidazole rings is 1. The first-order valence-electron chi connectivity index (χ1n) is 8.66. The lowest BCUT2D eigenvalue weighted by atomic mass is 10.1. The van der Waals surface area contributed by atoms with Gasteiger partial charge < -0.3 is 9.47 Å². The van der Waals surface area contributed by atoms with Gasteiger partial charge in [0.2, 0.25) is 5.95 Å². The number of fused-ring (bicyclic) bond motifs is 1. The Morgan fingerprint density at radius 2 is 1.84 bits per heavy atom. The van der Waals surface area contributed by atoms with Crippen molar-refractivity contribution < 1.29 is 4.39 Å². The lowest BCUT2D eigenvalue weighted by Crippen LogP contribution is -2.48. The molecule has 0 amide bonds. The summed E-state index contributed by atoms with van der Waals surface area (Å²) < 4.78 is 16.0. The van der Waals surface area contributed by atoms with Gasteiger partial charge in [0.15, 0.2) is 5.82 Å². The summed E-state index contributed by atoms with van der Waals surface area (Å²) in [6.07, 6.45) is 1.84. The number of nitrogens with zero attached hydrogens (tertiary/aromatic N) is 5. The van der Waals surface area contributed by atoms with Crippen LogP contribution in [0.2, 0.25) is 0 Å². The van der Waals surface area contributed by atoms with E-state index in [2.05, 4.69) is 32.8 Å². The van der Waals surface area contributed by atoms with E-state index in [0.29, 0.717) is 11.6 Å². The number of halogens is 1. The largest absolute Gasteiger partial charge is 0.340 e. The average molecular weight is 339 g/mol. The van der Waals surface area contributed by atoms with Gasteiger partial charge in [0, 0.05) is 45.5 Å². The highest BCUT2D eigenvalue weighted by Crippen LogP contribution is 2.26. The Morgan fingerprint density at radius 1 is 1.04 bits per heavy atom. The smallest absolute Gasteiger partial charge is 0.206 e. The van der Waals surface area contributed by atoms with E-state index in [1.165, 1.54) is 6.07 Å². The molecule has 1 unspecified atom stereocenters. The van der Waals surface area contributed by atoms with E-state index >= 15 is 0 Å². The second-order valence-electron chi connectivity index (χ2n) is 6.53. The van der Waals surface area contributed by atoms with Crippen LogP contribution >= 0.6 is 0 Å². The zero-order valence-electron chi connectivity index (χ0n) is 14.6. The zero-order valence-corrected chi connectivity index (χ0v) is 14.6. The Bertz CT molecular complexity index is 868. The summed E-state index contributed by atoms with van der Waals surface area (Å²) >= 11 is 0. The van der Waals surface area contributed by atoms with Crippen LogP contribution in [-0.2, 0) is 7.05 Å². The Morgan fingerprint density at radius 3 is 2.52 bits per heavy atom. The normalized spacial score (nSPS) is 17.2. The van der Waals surface area contributed by atoms with Crippen LogP contribution in [0.4, 0.5) is 10.3 Å². The van der Waals surface area contributed by atoms with Crippen molar-refractivity contribution in [3.05, 3.63) is 54.1 Å². The van der Waals surface area contributed by atoms with Gasteiger partial charge in [-0.05, 0) is 31.2 Å². The quantitative estimate of drug-likeness (QED) is 0.735. The fraction of sp³-hybridized carbons (Fsp3) is 0.368. The summed E-state index contributed by atoms with van der Waals surface area (Å²) in [4.78, 5) is 13.7. The Hall–Kier alpha value is -2.47. The van der Waals surface area contributed by atoms with Crippen molar-refractivity contribution in [2.45, 2.75) is 13.0 Å².